The van der Waals surface area contributed by atoms with Crippen molar-refractivity contribution in [2.75, 3.05) is 0 Å². The summed E-state index contributed by atoms with van der Waals surface area (Å²) in [5.74, 6) is 0. The number of rotatable bonds is 2. The SMILES string of the molecule is O=S(=O)(O)c1cc(Cl)c(S(=O)(=O)O)cc1Cl.[H-].[H-].[Na+].[Na+]. The molecule has 18 heavy (non-hydrogen) atoms. The first-order chi connectivity index (χ1) is 7.03. The van der Waals surface area contributed by atoms with E-state index in [-0.39, 0.29) is 62.0 Å². The molecule has 0 radical (unpaired) electrons. The van der Waals surface area contributed by atoms with Crippen LogP contribution in [0.2, 0.25) is 10.0 Å². The van der Waals surface area contributed by atoms with Gasteiger partial charge in [-0.15, -0.1) is 0 Å². The van der Waals surface area contributed by atoms with Crippen LogP contribution in [0.1, 0.15) is 2.85 Å². The van der Waals surface area contributed by atoms with Crippen LogP contribution < -0.4 is 59.1 Å². The van der Waals surface area contributed by atoms with Crippen molar-refractivity contribution in [2.45, 2.75) is 9.79 Å². The van der Waals surface area contributed by atoms with E-state index in [9.17, 15) is 16.8 Å². The smallest absolute Gasteiger partial charge is 1.00 e. The fourth-order valence-corrected chi connectivity index (χ4v) is 3.09. The average Bonchev–Trinajstić information content (AvgIpc) is 2.04. The van der Waals surface area contributed by atoms with Gasteiger partial charge >= 0.3 is 59.1 Å². The molecule has 0 aliphatic rings. The molecule has 1 aromatic rings. The second-order valence-electron chi connectivity index (χ2n) is 2.66. The summed E-state index contributed by atoms with van der Waals surface area (Å²) in [7, 11) is -9.22. The molecule has 0 saturated carbocycles. The quantitative estimate of drug-likeness (QED) is 0.411. The summed E-state index contributed by atoms with van der Waals surface area (Å²) in [4.78, 5) is -1.49. The Hall–Kier alpha value is 1.62. The van der Waals surface area contributed by atoms with Gasteiger partial charge in [0.1, 0.15) is 9.79 Å². The van der Waals surface area contributed by atoms with Gasteiger partial charge in [0.15, 0.2) is 0 Å². The molecule has 1 aromatic carbocycles. The van der Waals surface area contributed by atoms with Crippen LogP contribution in [-0.2, 0) is 20.2 Å². The molecule has 12 heteroatoms. The molecule has 0 aliphatic heterocycles. The monoisotopic (exact) mass is 354 g/mol. The van der Waals surface area contributed by atoms with Crippen molar-refractivity contribution in [2.24, 2.45) is 0 Å². The summed E-state index contributed by atoms with van der Waals surface area (Å²) in [6.45, 7) is 0. The number of halogens is 2. The number of benzene rings is 1. The molecule has 0 amide bonds. The van der Waals surface area contributed by atoms with Crippen LogP contribution in [0.15, 0.2) is 21.9 Å². The molecule has 2 N–H and O–H groups in total. The summed E-state index contributed by atoms with van der Waals surface area (Å²) in [6, 6.07) is 1.25. The van der Waals surface area contributed by atoms with Gasteiger partial charge in [-0.05, 0) is 12.1 Å². The molecule has 0 aliphatic carbocycles. The standard InChI is InChI=1S/C6H4Cl2O6S2.2Na.2H/c7-3-1-5(15(9,10)11)4(8)2-6(3)16(12,13)14;;;;/h1-2H,(H,9,10,11)(H,12,13,14);;;;/q;2*+1;2*-1. The van der Waals surface area contributed by atoms with Crippen LogP contribution in [0.25, 0.3) is 0 Å². The zero-order chi connectivity index (χ0) is 12.7. The van der Waals surface area contributed by atoms with Crippen molar-refractivity contribution in [3.63, 3.8) is 0 Å². The van der Waals surface area contributed by atoms with Gasteiger partial charge in [-0.25, -0.2) is 0 Å². The molecule has 0 spiro atoms. The van der Waals surface area contributed by atoms with Gasteiger partial charge in [-0.1, -0.05) is 23.2 Å². The Labute approximate surface area is 161 Å². The zero-order valence-corrected chi connectivity index (χ0v) is 16.4. The first-order valence-corrected chi connectivity index (χ1v) is 7.11. The Bertz CT molecular complexity index is 594. The van der Waals surface area contributed by atoms with Gasteiger partial charge in [-0.3, -0.25) is 9.11 Å². The van der Waals surface area contributed by atoms with Gasteiger partial charge in [0.05, 0.1) is 10.0 Å². The fraction of sp³-hybridized carbons (Fsp3) is 0. The normalized spacial score (nSPS) is 11.3. The van der Waals surface area contributed by atoms with Gasteiger partial charge in [0.2, 0.25) is 0 Å². The molecule has 0 unspecified atom stereocenters. The van der Waals surface area contributed by atoms with E-state index in [2.05, 4.69) is 0 Å². The van der Waals surface area contributed by atoms with Crippen LogP contribution in [0.4, 0.5) is 0 Å². The van der Waals surface area contributed by atoms with E-state index in [1.165, 1.54) is 0 Å². The maximum Gasteiger partial charge on any atom is 1.00 e. The molecule has 0 heterocycles. The molecule has 0 atom stereocenters. The summed E-state index contributed by atoms with van der Waals surface area (Å²) < 4.78 is 60.5. The predicted molar refractivity (Wildman–Crippen MR) is 58.3 cm³/mol. The van der Waals surface area contributed by atoms with Crippen molar-refractivity contribution in [1.82, 2.24) is 0 Å². The van der Waals surface area contributed by atoms with E-state index >= 15 is 0 Å². The molecular weight excluding hydrogens is 349 g/mol. The maximum atomic E-state index is 10.8. The summed E-state index contributed by atoms with van der Waals surface area (Å²) >= 11 is 10.8. The first-order valence-electron chi connectivity index (χ1n) is 3.47. The topological polar surface area (TPSA) is 109 Å². The van der Waals surface area contributed by atoms with Gasteiger partial charge in [-0.2, -0.15) is 16.8 Å². The number of hydrogen-bond donors (Lipinski definition) is 2. The van der Waals surface area contributed by atoms with Crippen molar-refractivity contribution >= 4 is 43.4 Å². The van der Waals surface area contributed by atoms with Crippen LogP contribution in [-0.4, -0.2) is 25.9 Å². The van der Waals surface area contributed by atoms with E-state index in [0.29, 0.717) is 12.1 Å². The Morgan fingerprint density at radius 2 is 1.06 bits per heavy atom. The second-order valence-corrected chi connectivity index (χ2v) is 6.26. The zero-order valence-electron chi connectivity index (χ0n) is 11.3. The van der Waals surface area contributed by atoms with E-state index in [1.807, 2.05) is 0 Å². The maximum absolute atomic E-state index is 10.8. The molecule has 0 bridgehead atoms. The van der Waals surface area contributed by atoms with Crippen molar-refractivity contribution in [3.8, 4) is 0 Å². The minimum absolute atomic E-state index is 0. The van der Waals surface area contributed by atoms with Crippen molar-refractivity contribution in [3.05, 3.63) is 22.2 Å². The predicted octanol–water partition coefficient (Wildman–Crippen LogP) is -4.28. The molecule has 0 fully saturated rings. The third-order valence-electron chi connectivity index (χ3n) is 1.54. The minimum atomic E-state index is -4.61. The van der Waals surface area contributed by atoms with Crippen LogP contribution >= 0.6 is 23.2 Å². The van der Waals surface area contributed by atoms with Crippen LogP contribution in [0.5, 0.6) is 0 Å². The average molecular weight is 355 g/mol. The van der Waals surface area contributed by atoms with Crippen molar-refractivity contribution in [1.29, 1.82) is 0 Å². The largest absolute Gasteiger partial charge is 1.00 e. The summed E-state index contributed by atoms with van der Waals surface area (Å²) in [6.07, 6.45) is 0. The molecule has 0 aromatic heterocycles. The van der Waals surface area contributed by atoms with E-state index in [4.69, 9.17) is 32.3 Å². The summed E-state index contributed by atoms with van der Waals surface area (Å²) in [5.41, 5.74) is 0. The van der Waals surface area contributed by atoms with E-state index < -0.39 is 40.1 Å². The second kappa shape index (κ2) is 7.58. The third-order valence-corrected chi connectivity index (χ3v) is 4.18. The Morgan fingerprint density at radius 3 is 1.22 bits per heavy atom. The van der Waals surface area contributed by atoms with Crippen molar-refractivity contribution < 1.29 is 87.9 Å². The molecule has 1 rings (SSSR count). The fourth-order valence-electron chi connectivity index (χ4n) is 0.906. The van der Waals surface area contributed by atoms with Gasteiger partial charge in [0.25, 0.3) is 20.2 Å². The molecule has 94 valence electrons. The van der Waals surface area contributed by atoms with Gasteiger partial charge in [0, 0.05) is 0 Å². The minimum Gasteiger partial charge on any atom is -1.00 e. The molecule has 0 saturated heterocycles. The van der Waals surface area contributed by atoms with E-state index in [1.54, 1.807) is 0 Å². The number of hydrogen-bond acceptors (Lipinski definition) is 4. The molecular formula is C6H6Cl2Na2O6S2. The van der Waals surface area contributed by atoms with E-state index in [0.717, 1.165) is 0 Å². The Balaban J connectivity index is -0.000000320. The first kappa shape index (κ1) is 21.9. The van der Waals surface area contributed by atoms with Crippen LogP contribution in [0.3, 0.4) is 0 Å². The summed E-state index contributed by atoms with van der Waals surface area (Å²) in [5, 5.41) is -1.14. The molecule has 6 nitrogen and oxygen atoms in total. The van der Waals surface area contributed by atoms with Gasteiger partial charge < -0.3 is 2.85 Å². The van der Waals surface area contributed by atoms with Crippen LogP contribution in [0, 0.1) is 0 Å². The third kappa shape index (κ3) is 5.55. The Morgan fingerprint density at radius 1 is 0.833 bits per heavy atom. The Kier molecular flexibility index (Phi) is 9.22.